The summed E-state index contributed by atoms with van der Waals surface area (Å²) < 4.78 is 28.0. The lowest BCUT2D eigenvalue weighted by atomic mass is 9.95. The second-order valence-electron chi connectivity index (χ2n) is 4.19. The SMILES string of the molecule is Cc1c(Cl)cccc1C(N)c1c(F)ccc(Br)c1F. The van der Waals surface area contributed by atoms with E-state index in [9.17, 15) is 8.78 Å². The van der Waals surface area contributed by atoms with Gasteiger partial charge in [-0.2, -0.15) is 0 Å². The van der Waals surface area contributed by atoms with Crippen LogP contribution >= 0.6 is 27.5 Å². The summed E-state index contributed by atoms with van der Waals surface area (Å²) in [5, 5.41) is 0.517. The second-order valence-corrected chi connectivity index (χ2v) is 5.45. The van der Waals surface area contributed by atoms with Gasteiger partial charge in [-0.1, -0.05) is 23.7 Å². The van der Waals surface area contributed by atoms with Gasteiger partial charge >= 0.3 is 0 Å². The lowest BCUT2D eigenvalue weighted by molar-refractivity contribution is 0.539. The maximum absolute atomic E-state index is 14.0. The molecule has 0 aliphatic heterocycles. The topological polar surface area (TPSA) is 26.0 Å². The molecule has 2 aromatic carbocycles. The maximum Gasteiger partial charge on any atom is 0.145 e. The van der Waals surface area contributed by atoms with Gasteiger partial charge in [0, 0.05) is 10.6 Å². The molecule has 0 radical (unpaired) electrons. The zero-order valence-electron chi connectivity index (χ0n) is 10.1. The number of benzene rings is 2. The number of halogens is 4. The summed E-state index contributed by atoms with van der Waals surface area (Å²) in [6.45, 7) is 1.77. The zero-order valence-corrected chi connectivity index (χ0v) is 12.4. The predicted octanol–water partition coefficient (Wildman–Crippen LogP) is 4.74. The average molecular weight is 347 g/mol. The molecule has 0 amide bonds. The highest BCUT2D eigenvalue weighted by molar-refractivity contribution is 9.10. The molecular weight excluding hydrogens is 336 g/mol. The first-order valence-electron chi connectivity index (χ1n) is 5.57. The van der Waals surface area contributed by atoms with Crippen molar-refractivity contribution < 1.29 is 8.78 Å². The van der Waals surface area contributed by atoms with Gasteiger partial charge in [-0.25, -0.2) is 8.78 Å². The van der Waals surface area contributed by atoms with Crippen molar-refractivity contribution in [2.24, 2.45) is 5.73 Å². The smallest absolute Gasteiger partial charge is 0.145 e. The molecule has 0 fully saturated rings. The van der Waals surface area contributed by atoms with Gasteiger partial charge < -0.3 is 5.73 Å². The van der Waals surface area contributed by atoms with E-state index in [-0.39, 0.29) is 10.0 Å². The Morgan fingerprint density at radius 2 is 1.89 bits per heavy atom. The summed E-state index contributed by atoms with van der Waals surface area (Å²) in [5.74, 6) is -1.36. The Bertz CT molecular complexity index is 631. The summed E-state index contributed by atoms with van der Waals surface area (Å²) in [7, 11) is 0. The van der Waals surface area contributed by atoms with Gasteiger partial charge in [0.15, 0.2) is 0 Å². The van der Waals surface area contributed by atoms with E-state index in [0.717, 1.165) is 5.56 Å². The molecule has 0 saturated heterocycles. The van der Waals surface area contributed by atoms with E-state index >= 15 is 0 Å². The van der Waals surface area contributed by atoms with Gasteiger partial charge in [0.25, 0.3) is 0 Å². The van der Waals surface area contributed by atoms with Crippen molar-refractivity contribution in [1.82, 2.24) is 0 Å². The Morgan fingerprint density at radius 1 is 1.21 bits per heavy atom. The molecule has 5 heteroatoms. The van der Waals surface area contributed by atoms with E-state index in [1.165, 1.54) is 12.1 Å². The third-order valence-corrected chi connectivity index (χ3v) is 4.06. The van der Waals surface area contributed by atoms with Crippen LogP contribution in [-0.4, -0.2) is 0 Å². The summed E-state index contributed by atoms with van der Waals surface area (Å²) in [5.41, 5.74) is 7.15. The van der Waals surface area contributed by atoms with E-state index < -0.39 is 17.7 Å². The standard InChI is InChI=1S/C14H11BrClF2N/c1-7-8(3-2-4-10(7)16)14(19)12-11(17)6-5-9(15)13(12)18/h2-6,14H,19H2,1H3. The minimum atomic E-state index is -0.906. The van der Waals surface area contributed by atoms with Crippen LogP contribution in [0.25, 0.3) is 0 Å². The molecular formula is C14H11BrClF2N. The Hall–Kier alpha value is -0.970. The molecule has 100 valence electrons. The molecule has 0 heterocycles. The lowest BCUT2D eigenvalue weighted by Gasteiger charge is -2.18. The van der Waals surface area contributed by atoms with Crippen molar-refractivity contribution in [2.75, 3.05) is 0 Å². The summed E-state index contributed by atoms with van der Waals surface area (Å²) >= 11 is 9.03. The van der Waals surface area contributed by atoms with E-state index in [0.29, 0.717) is 10.6 Å². The van der Waals surface area contributed by atoms with Gasteiger partial charge in [0.05, 0.1) is 10.5 Å². The first-order chi connectivity index (χ1) is 8.93. The van der Waals surface area contributed by atoms with Crippen LogP contribution in [0, 0.1) is 18.6 Å². The van der Waals surface area contributed by atoms with Crippen LogP contribution in [-0.2, 0) is 0 Å². The van der Waals surface area contributed by atoms with Crippen LogP contribution in [0.2, 0.25) is 5.02 Å². The minimum absolute atomic E-state index is 0.167. The van der Waals surface area contributed by atoms with Gasteiger partial charge in [0.1, 0.15) is 11.6 Å². The van der Waals surface area contributed by atoms with Crippen LogP contribution in [0.15, 0.2) is 34.8 Å². The molecule has 0 aromatic heterocycles. The Morgan fingerprint density at radius 3 is 2.58 bits per heavy atom. The van der Waals surface area contributed by atoms with E-state index in [2.05, 4.69) is 15.9 Å². The Labute approximate surface area is 123 Å². The van der Waals surface area contributed by atoms with Gasteiger partial charge in [-0.15, -0.1) is 0 Å². The molecule has 19 heavy (non-hydrogen) atoms. The van der Waals surface area contributed by atoms with Crippen molar-refractivity contribution in [3.63, 3.8) is 0 Å². The number of hydrogen-bond donors (Lipinski definition) is 1. The van der Waals surface area contributed by atoms with Gasteiger partial charge in [-0.05, 0) is 52.2 Å². The second kappa shape index (κ2) is 5.57. The molecule has 1 unspecified atom stereocenters. The molecule has 1 atom stereocenters. The summed E-state index contributed by atoms with van der Waals surface area (Å²) in [4.78, 5) is 0. The van der Waals surface area contributed by atoms with Gasteiger partial charge in [-0.3, -0.25) is 0 Å². The first kappa shape index (κ1) is 14.4. The Balaban J connectivity index is 2.59. The molecule has 2 rings (SSSR count). The minimum Gasteiger partial charge on any atom is -0.320 e. The molecule has 0 spiro atoms. The van der Waals surface area contributed by atoms with Crippen LogP contribution in [0.4, 0.5) is 8.78 Å². The fourth-order valence-electron chi connectivity index (χ4n) is 1.94. The summed E-state index contributed by atoms with van der Waals surface area (Å²) in [6, 6.07) is 6.72. The fraction of sp³-hybridized carbons (Fsp3) is 0.143. The number of nitrogens with two attached hydrogens (primary N) is 1. The molecule has 2 aromatic rings. The number of rotatable bonds is 2. The van der Waals surface area contributed by atoms with Crippen LogP contribution in [0.5, 0.6) is 0 Å². The highest BCUT2D eigenvalue weighted by Crippen LogP contribution is 2.32. The molecule has 0 bridgehead atoms. The van der Waals surface area contributed by atoms with Gasteiger partial charge in [0.2, 0.25) is 0 Å². The van der Waals surface area contributed by atoms with Crippen molar-refractivity contribution in [1.29, 1.82) is 0 Å². The van der Waals surface area contributed by atoms with Crippen molar-refractivity contribution in [2.45, 2.75) is 13.0 Å². The lowest BCUT2D eigenvalue weighted by Crippen LogP contribution is -2.17. The monoisotopic (exact) mass is 345 g/mol. The zero-order chi connectivity index (χ0) is 14.2. The average Bonchev–Trinajstić information content (AvgIpc) is 2.37. The van der Waals surface area contributed by atoms with Crippen molar-refractivity contribution >= 4 is 27.5 Å². The highest BCUT2D eigenvalue weighted by atomic mass is 79.9. The van der Waals surface area contributed by atoms with Crippen LogP contribution < -0.4 is 5.73 Å². The summed E-state index contributed by atoms with van der Waals surface area (Å²) in [6.07, 6.45) is 0. The molecule has 1 nitrogen and oxygen atoms in total. The first-order valence-corrected chi connectivity index (χ1v) is 6.74. The normalized spacial score (nSPS) is 12.5. The highest BCUT2D eigenvalue weighted by Gasteiger charge is 2.22. The van der Waals surface area contributed by atoms with Crippen molar-refractivity contribution in [3.05, 3.63) is 68.2 Å². The molecule has 2 N–H and O–H groups in total. The van der Waals surface area contributed by atoms with E-state index in [1.807, 2.05) is 0 Å². The van der Waals surface area contributed by atoms with Crippen molar-refractivity contribution in [3.8, 4) is 0 Å². The largest absolute Gasteiger partial charge is 0.320 e. The molecule has 0 aliphatic rings. The van der Waals surface area contributed by atoms with E-state index in [1.54, 1.807) is 25.1 Å². The molecule has 0 saturated carbocycles. The Kier molecular flexibility index (Phi) is 4.23. The quantitative estimate of drug-likeness (QED) is 0.781. The fourth-order valence-corrected chi connectivity index (χ4v) is 2.47. The predicted molar refractivity (Wildman–Crippen MR) is 76.3 cm³/mol. The number of hydrogen-bond acceptors (Lipinski definition) is 1. The van der Waals surface area contributed by atoms with Crippen LogP contribution in [0.1, 0.15) is 22.7 Å². The van der Waals surface area contributed by atoms with E-state index in [4.69, 9.17) is 17.3 Å². The van der Waals surface area contributed by atoms with Crippen LogP contribution in [0.3, 0.4) is 0 Å². The molecule has 0 aliphatic carbocycles. The maximum atomic E-state index is 14.0. The third-order valence-electron chi connectivity index (χ3n) is 3.04. The third kappa shape index (κ3) is 2.66.